The Labute approximate surface area is 175 Å². The molecule has 1 aromatic carbocycles. The molecule has 1 aliphatic heterocycles. The van der Waals surface area contributed by atoms with Crippen LogP contribution in [0.3, 0.4) is 0 Å². The van der Waals surface area contributed by atoms with Crippen LogP contribution in [-0.4, -0.2) is 36.5 Å². The zero-order valence-electron chi connectivity index (χ0n) is 16.9. The monoisotopic (exact) mass is 425 g/mol. The van der Waals surface area contributed by atoms with E-state index in [0.717, 1.165) is 29.0 Å². The first-order valence-corrected chi connectivity index (χ1v) is 9.76. The van der Waals surface area contributed by atoms with Crippen LogP contribution in [0.4, 0.5) is 13.2 Å². The Morgan fingerprint density at radius 1 is 1.13 bits per heavy atom. The third-order valence-corrected chi connectivity index (χ3v) is 5.70. The predicted molar refractivity (Wildman–Crippen MR) is 107 cm³/mol. The molecule has 1 amide bonds. The van der Waals surface area contributed by atoms with E-state index in [1.807, 2.05) is 17.4 Å². The SMILES string of the molecule is Cc1ncc2ccc(C(=O)N3CCc4c(nn(C)c4-c4cc(F)c(F)c(F)c4)C3)cn12. The molecular weight excluding hydrogens is 407 g/mol. The smallest absolute Gasteiger partial charge is 0.255 e. The lowest BCUT2D eigenvalue weighted by Gasteiger charge is -2.26. The molecule has 0 N–H and O–H groups in total. The first-order valence-electron chi connectivity index (χ1n) is 9.76. The van der Waals surface area contributed by atoms with Crippen molar-refractivity contribution in [3.05, 3.63) is 76.8 Å². The summed E-state index contributed by atoms with van der Waals surface area (Å²) in [6.45, 7) is 2.57. The predicted octanol–water partition coefficient (Wildman–Crippen LogP) is 3.66. The van der Waals surface area contributed by atoms with Crippen molar-refractivity contribution in [3.8, 4) is 11.3 Å². The minimum Gasteiger partial charge on any atom is -0.332 e. The van der Waals surface area contributed by atoms with Crippen LogP contribution in [0.2, 0.25) is 0 Å². The number of carbonyl (C=O) groups excluding carboxylic acids is 1. The molecule has 1 aliphatic rings. The number of hydrogen-bond acceptors (Lipinski definition) is 3. The van der Waals surface area contributed by atoms with E-state index in [2.05, 4.69) is 10.1 Å². The zero-order valence-corrected chi connectivity index (χ0v) is 16.9. The van der Waals surface area contributed by atoms with E-state index < -0.39 is 17.5 Å². The van der Waals surface area contributed by atoms with E-state index in [9.17, 15) is 18.0 Å². The molecule has 9 heteroatoms. The van der Waals surface area contributed by atoms with Gasteiger partial charge in [0, 0.05) is 30.9 Å². The van der Waals surface area contributed by atoms with Crippen molar-refractivity contribution in [1.82, 2.24) is 24.1 Å². The maximum absolute atomic E-state index is 13.8. The van der Waals surface area contributed by atoms with Gasteiger partial charge in [-0.1, -0.05) is 0 Å². The molecule has 0 fully saturated rings. The number of fused-ring (bicyclic) bond motifs is 2. The molecule has 4 heterocycles. The van der Waals surface area contributed by atoms with Crippen molar-refractivity contribution >= 4 is 11.4 Å². The zero-order chi connectivity index (χ0) is 21.9. The molecule has 0 saturated carbocycles. The largest absolute Gasteiger partial charge is 0.332 e. The number of aromatic nitrogens is 4. The number of rotatable bonds is 2. The number of pyridine rings is 1. The van der Waals surface area contributed by atoms with Gasteiger partial charge in [0.15, 0.2) is 17.5 Å². The van der Waals surface area contributed by atoms with Gasteiger partial charge in [-0.05, 0) is 37.6 Å². The fourth-order valence-electron chi connectivity index (χ4n) is 4.17. The van der Waals surface area contributed by atoms with Crippen molar-refractivity contribution < 1.29 is 18.0 Å². The van der Waals surface area contributed by atoms with Gasteiger partial charge >= 0.3 is 0 Å². The van der Waals surface area contributed by atoms with Gasteiger partial charge < -0.3 is 9.30 Å². The van der Waals surface area contributed by atoms with Crippen LogP contribution in [0, 0.1) is 24.4 Å². The van der Waals surface area contributed by atoms with Crippen LogP contribution in [0.5, 0.6) is 0 Å². The Hall–Kier alpha value is -3.62. The summed E-state index contributed by atoms with van der Waals surface area (Å²) < 4.78 is 44.3. The summed E-state index contributed by atoms with van der Waals surface area (Å²) in [5.41, 5.74) is 3.64. The Balaban J connectivity index is 1.47. The number of amides is 1. The molecule has 158 valence electrons. The second-order valence-corrected chi connectivity index (χ2v) is 7.65. The molecule has 5 rings (SSSR count). The van der Waals surface area contributed by atoms with Gasteiger partial charge in [-0.25, -0.2) is 18.2 Å². The maximum atomic E-state index is 13.8. The van der Waals surface area contributed by atoms with Gasteiger partial charge in [0.05, 0.1) is 35.2 Å². The molecule has 0 spiro atoms. The number of halogens is 3. The second kappa shape index (κ2) is 6.97. The molecule has 3 aromatic heterocycles. The van der Waals surface area contributed by atoms with Crippen molar-refractivity contribution in [1.29, 1.82) is 0 Å². The van der Waals surface area contributed by atoms with E-state index in [1.165, 1.54) is 4.68 Å². The Morgan fingerprint density at radius 3 is 2.61 bits per heavy atom. The van der Waals surface area contributed by atoms with Crippen LogP contribution in [0.25, 0.3) is 16.8 Å². The molecule has 4 aromatic rings. The summed E-state index contributed by atoms with van der Waals surface area (Å²) in [6.07, 6.45) is 3.98. The number of carbonyl (C=O) groups is 1. The molecule has 0 atom stereocenters. The highest BCUT2D eigenvalue weighted by molar-refractivity contribution is 5.94. The summed E-state index contributed by atoms with van der Waals surface area (Å²) in [4.78, 5) is 19.0. The van der Waals surface area contributed by atoms with Crippen molar-refractivity contribution in [2.24, 2.45) is 7.05 Å². The van der Waals surface area contributed by atoms with E-state index in [-0.39, 0.29) is 18.0 Å². The molecule has 0 bridgehead atoms. The average molecular weight is 425 g/mol. The van der Waals surface area contributed by atoms with Crippen molar-refractivity contribution in [2.75, 3.05) is 6.54 Å². The summed E-state index contributed by atoms with van der Waals surface area (Å²) >= 11 is 0. The molecular formula is C22H18F3N5O. The van der Waals surface area contributed by atoms with Crippen LogP contribution in [0.15, 0.2) is 36.7 Å². The minimum absolute atomic E-state index is 0.133. The lowest BCUT2D eigenvalue weighted by atomic mass is 9.99. The lowest BCUT2D eigenvalue weighted by Crippen LogP contribution is -2.36. The van der Waals surface area contributed by atoms with Crippen LogP contribution < -0.4 is 0 Å². The fraction of sp³-hybridized carbons (Fsp3) is 0.227. The molecule has 6 nitrogen and oxygen atoms in total. The Bertz CT molecular complexity index is 1330. The van der Waals surface area contributed by atoms with Gasteiger partial charge in [-0.3, -0.25) is 9.48 Å². The molecule has 0 aliphatic carbocycles. The third-order valence-electron chi connectivity index (χ3n) is 5.70. The highest BCUT2D eigenvalue weighted by atomic mass is 19.2. The Kier molecular flexibility index (Phi) is 4.35. The van der Waals surface area contributed by atoms with Gasteiger partial charge in [0.2, 0.25) is 0 Å². The van der Waals surface area contributed by atoms with Crippen LogP contribution in [0.1, 0.15) is 27.4 Å². The summed E-state index contributed by atoms with van der Waals surface area (Å²) in [6, 6.07) is 5.55. The minimum atomic E-state index is -1.50. The topological polar surface area (TPSA) is 55.4 Å². The fourth-order valence-corrected chi connectivity index (χ4v) is 4.17. The lowest BCUT2D eigenvalue weighted by molar-refractivity contribution is 0.0732. The molecule has 0 unspecified atom stereocenters. The molecule has 31 heavy (non-hydrogen) atoms. The van der Waals surface area contributed by atoms with Crippen molar-refractivity contribution in [3.63, 3.8) is 0 Å². The van der Waals surface area contributed by atoms with Gasteiger partial charge in [-0.15, -0.1) is 0 Å². The molecule has 0 radical (unpaired) electrons. The summed E-state index contributed by atoms with van der Waals surface area (Å²) in [5, 5.41) is 4.46. The number of benzene rings is 1. The first kappa shape index (κ1) is 19.3. The number of imidazole rings is 1. The van der Waals surface area contributed by atoms with E-state index in [1.54, 1.807) is 30.4 Å². The third kappa shape index (κ3) is 3.08. The van der Waals surface area contributed by atoms with Gasteiger partial charge in [-0.2, -0.15) is 5.10 Å². The highest BCUT2D eigenvalue weighted by Crippen LogP contribution is 2.32. The molecule has 0 saturated heterocycles. The number of hydrogen-bond donors (Lipinski definition) is 0. The first-order chi connectivity index (χ1) is 14.8. The van der Waals surface area contributed by atoms with E-state index >= 15 is 0 Å². The van der Waals surface area contributed by atoms with E-state index in [0.29, 0.717) is 29.9 Å². The summed E-state index contributed by atoms with van der Waals surface area (Å²) in [7, 11) is 1.66. The average Bonchev–Trinajstić information content (AvgIpc) is 3.29. The van der Waals surface area contributed by atoms with Gasteiger partial charge in [0.25, 0.3) is 5.91 Å². The van der Waals surface area contributed by atoms with Crippen LogP contribution in [-0.2, 0) is 20.0 Å². The second-order valence-electron chi connectivity index (χ2n) is 7.65. The number of nitrogens with zero attached hydrogens (tertiary/aromatic N) is 5. The van der Waals surface area contributed by atoms with E-state index in [4.69, 9.17) is 0 Å². The highest BCUT2D eigenvalue weighted by Gasteiger charge is 2.28. The normalized spacial score (nSPS) is 13.6. The van der Waals surface area contributed by atoms with Crippen LogP contribution >= 0.6 is 0 Å². The quantitative estimate of drug-likeness (QED) is 0.461. The van der Waals surface area contributed by atoms with Crippen molar-refractivity contribution in [2.45, 2.75) is 19.9 Å². The Morgan fingerprint density at radius 2 is 1.87 bits per heavy atom. The number of aryl methyl sites for hydroxylation is 2. The maximum Gasteiger partial charge on any atom is 0.255 e. The van der Waals surface area contributed by atoms with Gasteiger partial charge in [0.1, 0.15) is 5.82 Å². The summed E-state index contributed by atoms with van der Waals surface area (Å²) in [5.74, 6) is -3.34. The standard InChI is InChI=1S/C22H18F3N5O/c1-12-26-9-15-4-3-13(10-30(12)15)22(31)29-6-5-16-19(11-29)27-28(2)21(16)14-7-17(23)20(25)18(24)8-14/h3-4,7-10H,5-6,11H2,1-2H3.